The summed E-state index contributed by atoms with van der Waals surface area (Å²) in [5.74, 6) is 0.959. The van der Waals surface area contributed by atoms with E-state index < -0.39 is 10.0 Å². The third kappa shape index (κ3) is 4.21. The molecule has 0 aromatic heterocycles. The number of benzene rings is 1. The predicted octanol–water partition coefficient (Wildman–Crippen LogP) is 3.52. The van der Waals surface area contributed by atoms with Gasteiger partial charge in [0.1, 0.15) is 0 Å². The lowest BCUT2D eigenvalue weighted by molar-refractivity contribution is 0.382. The normalized spacial score (nSPS) is 13.8. The van der Waals surface area contributed by atoms with Crippen LogP contribution in [0.5, 0.6) is 0 Å². The Kier molecular flexibility index (Phi) is 6.36. The summed E-state index contributed by atoms with van der Waals surface area (Å²) in [4.78, 5) is 0.353. The van der Waals surface area contributed by atoms with E-state index in [1.54, 1.807) is 37.0 Å². The number of thioether (sulfide) groups is 1. The van der Waals surface area contributed by atoms with E-state index in [1.807, 2.05) is 20.1 Å². The highest BCUT2D eigenvalue weighted by atomic mass is 79.9. The molecule has 3 nitrogen and oxygen atoms in total. The molecule has 19 heavy (non-hydrogen) atoms. The first kappa shape index (κ1) is 17.0. The number of aryl methyl sites for hydroxylation is 1. The molecule has 0 heterocycles. The summed E-state index contributed by atoms with van der Waals surface area (Å²) >= 11 is 5.12. The van der Waals surface area contributed by atoms with Gasteiger partial charge in [0.25, 0.3) is 0 Å². The van der Waals surface area contributed by atoms with Crippen molar-refractivity contribution in [2.45, 2.75) is 31.2 Å². The molecule has 108 valence electrons. The van der Waals surface area contributed by atoms with Gasteiger partial charge in [-0.3, -0.25) is 0 Å². The van der Waals surface area contributed by atoms with Gasteiger partial charge in [-0.1, -0.05) is 15.9 Å². The van der Waals surface area contributed by atoms with Crippen molar-refractivity contribution in [2.24, 2.45) is 0 Å². The Labute approximate surface area is 128 Å². The number of sulfonamides is 1. The lowest BCUT2D eigenvalue weighted by atomic mass is 10.2. The molecule has 0 aliphatic rings. The SMILES string of the molecule is CSCCC(C)N(C)S(=O)(=O)c1ccc(Br)c(C)c1. The van der Waals surface area contributed by atoms with E-state index in [2.05, 4.69) is 15.9 Å². The Hall–Kier alpha value is -0.0400. The summed E-state index contributed by atoms with van der Waals surface area (Å²) in [6.45, 7) is 3.83. The fraction of sp³-hybridized carbons (Fsp3) is 0.538. The summed E-state index contributed by atoms with van der Waals surface area (Å²) in [5, 5.41) is 0. The number of hydrogen-bond acceptors (Lipinski definition) is 3. The van der Waals surface area contributed by atoms with Crippen molar-refractivity contribution in [3.05, 3.63) is 28.2 Å². The lowest BCUT2D eigenvalue weighted by Gasteiger charge is -2.24. The van der Waals surface area contributed by atoms with Gasteiger partial charge in [0, 0.05) is 17.6 Å². The van der Waals surface area contributed by atoms with E-state index in [-0.39, 0.29) is 6.04 Å². The maximum absolute atomic E-state index is 12.5. The van der Waals surface area contributed by atoms with Crippen LogP contribution in [0.25, 0.3) is 0 Å². The van der Waals surface area contributed by atoms with E-state index in [0.717, 1.165) is 22.2 Å². The molecule has 0 aliphatic heterocycles. The zero-order chi connectivity index (χ0) is 14.6. The second kappa shape index (κ2) is 7.11. The summed E-state index contributed by atoms with van der Waals surface area (Å²) in [7, 11) is -1.75. The number of halogens is 1. The fourth-order valence-electron chi connectivity index (χ4n) is 1.65. The van der Waals surface area contributed by atoms with E-state index in [0.29, 0.717) is 4.90 Å². The molecule has 0 spiro atoms. The molecule has 0 amide bonds. The molecule has 0 saturated heterocycles. The first-order chi connectivity index (χ1) is 8.80. The van der Waals surface area contributed by atoms with Crippen LogP contribution in [0.2, 0.25) is 0 Å². The van der Waals surface area contributed by atoms with Crippen LogP contribution in [0.1, 0.15) is 18.9 Å². The number of nitrogens with zero attached hydrogens (tertiary/aromatic N) is 1. The monoisotopic (exact) mass is 365 g/mol. The van der Waals surface area contributed by atoms with Gasteiger partial charge in [-0.15, -0.1) is 0 Å². The molecule has 1 aromatic carbocycles. The van der Waals surface area contributed by atoms with Gasteiger partial charge < -0.3 is 0 Å². The molecule has 0 N–H and O–H groups in total. The average molecular weight is 366 g/mol. The van der Waals surface area contributed by atoms with Crippen LogP contribution in [0, 0.1) is 6.92 Å². The Bertz CT molecular complexity index is 531. The minimum Gasteiger partial charge on any atom is -0.207 e. The van der Waals surface area contributed by atoms with Crippen LogP contribution in [0.4, 0.5) is 0 Å². The van der Waals surface area contributed by atoms with E-state index in [9.17, 15) is 8.42 Å². The second-order valence-corrected chi connectivity index (χ2v) is 8.40. The van der Waals surface area contributed by atoms with Crippen molar-refractivity contribution in [3.63, 3.8) is 0 Å². The molecule has 0 saturated carbocycles. The highest BCUT2D eigenvalue weighted by Gasteiger charge is 2.25. The molecule has 1 rings (SSSR count). The van der Waals surface area contributed by atoms with Crippen molar-refractivity contribution in [1.82, 2.24) is 4.31 Å². The molecule has 1 atom stereocenters. The first-order valence-electron chi connectivity index (χ1n) is 6.03. The highest BCUT2D eigenvalue weighted by molar-refractivity contribution is 9.10. The van der Waals surface area contributed by atoms with Crippen LogP contribution in [0.15, 0.2) is 27.6 Å². The van der Waals surface area contributed by atoms with E-state index in [4.69, 9.17) is 0 Å². The number of rotatable bonds is 6. The standard InChI is InChI=1S/C13H20BrNO2S2/c1-10-9-12(5-6-13(10)14)19(16,17)15(3)11(2)7-8-18-4/h5-6,9,11H,7-8H2,1-4H3. The van der Waals surface area contributed by atoms with Crippen LogP contribution in [0.3, 0.4) is 0 Å². The zero-order valence-corrected chi connectivity index (χ0v) is 14.9. The van der Waals surface area contributed by atoms with Crippen molar-refractivity contribution < 1.29 is 8.42 Å². The lowest BCUT2D eigenvalue weighted by Crippen LogP contribution is -2.35. The largest absolute Gasteiger partial charge is 0.243 e. The summed E-state index contributed by atoms with van der Waals surface area (Å²) in [5.41, 5.74) is 0.922. The minimum atomic E-state index is -3.40. The molecule has 6 heteroatoms. The topological polar surface area (TPSA) is 37.4 Å². The van der Waals surface area contributed by atoms with Crippen LogP contribution in [-0.2, 0) is 10.0 Å². The Morgan fingerprint density at radius 2 is 2.05 bits per heavy atom. The molecule has 0 aliphatic carbocycles. The van der Waals surface area contributed by atoms with Gasteiger partial charge in [-0.05, 0) is 56.0 Å². The molecule has 0 bridgehead atoms. The zero-order valence-electron chi connectivity index (χ0n) is 11.7. The summed E-state index contributed by atoms with van der Waals surface area (Å²) < 4.78 is 27.4. The molecule has 0 fully saturated rings. The third-order valence-electron chi connectivity index (χ3n) is 3.17. The molecular weight excluding hydrogens is 346 g/mol. The van der Waals surface area contributed by atoms with Gasteiger partial charge in [0.2, 0.25) is 10.0 Å². The predicted molar refractivity (Wildman–Crippen MR) is 86.3 cm³/mol. The maximum atomic E-state index is 12.5. The first-order valence-corrected chi connectivity index (χ1v) is 9.66. The van der Waals surface area contributed by atoms with Gasteiger partial charge in [0.05, 0.1) is 4.90 Å². The van der Waals surface area contributed by atoms with Crippen molar-refractivity contribution in [2.75, 3.05) is 19.1 Å². The van der Waals surface area contributed by atoms with Crippen molar-refractivity contribution in [1.29, 1.82) is 0 Å². The smallest absolute Gasteiger partial charge is 0.207 e. The maximum Gasteiger partial charge on any atom is 0.243 e. The second-order valence-electron chi connectivity index (χ2n) is 4.56. The Morgan fingerprint density at radius 3 is 2.58 bits per heavy atom. The molecule has 1 unspecified atom stereocenters. The van der Waals surface area contributed by atoms with Crippen LogP contribution >= 0.6 is 27.7 Å². The Balaban J connectivity index is 2.99. The molecule has 1 aromatic rings. The van der Waals surface area contributed by atoms with Crippen molar-refractivity contribution in [3.8, 4) is 0 Å². The summed E-state index contributed by atoms with van der Waals surface area (Å²) in [6, 6.07) is 5.13. The average Bonchev–Trinajstić information content (AvgIpc) is 2.37. The quantitative estimate of drug-likeness (QED) is 0.773. The van der Waals surface area contributed by atoms with Gasteiger partial charge in [0.15, 0.2) is 0 Å². The molecular formula is C13H20BrNO2S2. The van der Waals surface area contributed by atoms with Crippen LogP contribution < -0.4 is 0 Å². The third-order valence-corrected chi connectivity index (χ3v) is 6.67. The van der Waals surface area contributed by atoms with Gasteiger partial charge >= 0.3 is 0 Å². The van der Waals surface area contributed by atoms with Crippen molar-refractivity contribution >= 4 is 37.7 Å². The number of hydrogen-bond donors (Lipinski definition) is 0. The summed E-state index contributed by atoms with van der Waals surface area (Å²) in [6.07, 6.45) is 2.88. The fourth-order valence-corrected chi connectivity index (χ4v) is 3.95. The molecule has 0 radical (unpaired) electrons. The van der Waals surface area contributed by atoms with Gasteiger partial charge in [-0.2, -0.15) is 16.1 Å². The van der Waals surface area contributed by atoms with Crippen LogP contribution in [-0.4, -0.2) is 37.8 Å². The Morgan fingerprint density at radius 1 is 1.42 bits per heavy atom. The highest BCUT2D eigenvalue weighted by Crippen LogP contribution is 2.23. The van der Waals surface area contributed by atoms with Gasteiger partial charge in [-0.25, -0.2) is 8.42 Å². The van der Waals surface area contributed by atoms with E-state index in [1.165, 1.54) is 4.31 Å². The van der Waals surface area contributed by atoms with E-state index >= 15 is 0 Å². The minimum absolute atomic E-state index is 0.00130.